The second-order valence-corrected chi connectivity index (χ2v) is 8.99. The molecule has 0 aromatic heterocycles. The minimum absolute atomic E-state index is 0.0247. The van der Waals surface area contributed by atoms with E-state index in [0.29, 0.717) is 36.6 Å². The fraction of sp³-hybridized carbons (Fsp3) is 0.385. The van der Waals surface area contributed by atoms with Gasteiger partial charge < -0.3 is 19.5 Å². The Kier molecular flexibility index (Phi) is 7.66. The van der Waals surface area contributed by atoms with E-state index in [4.69, 9.17) is 9.47 Å². The standard InChI is InChI=1S/C26H29N3O7/c1-17(2)36-21-9-5-19(6-10-21)24(30)22-23(18-3-7-20(8-4-18)29(33)34)28(26(32)25(22)31)12-11-27-13-15-35-16-14-27/h3-10,17,23,30H,11-16H2,1-2H3/t23-/m1/s1. The first-order valence-corrected chi connectivity index (χ1v) is 11.9. The quantitative estimate of drug-likeness (QED) is 0.195. The lowest BCUT2D eigenvalue weighted by Gasteiger charge is -2.31. The van der Waals surface area contributed by atoms with E-state index in [0.717, 1.165) is 13.1 Å². The number of hydrogen-bond donors (Lipinski definition) is 1. The molecule has 10 heteroatoms. The lowest BCUT2D eigenvalue weighted by molar-refractivity contribution is -0.384. The van der Waals surface area contributed by atoms with E-state index in [9.17, 15) is 24.8 Å². The highest BCUT2D eigenvalue weighted by atomic mass is 16.6. The van der Waals surface area contributed by atoms with Crippen LogP contribution in [-0.4, -0.2) is 77.0 Å². The maximum atomic E-state index is 13.2. The van der Waals surface area contributed by atoms with Gasteiger partial charge in [0.1, 0.15) is 11.5 Å². The molecule has 0 spiro atoms. The van der Waals surface area contributed by atoms with Crippen LogP contribution in [0.5, 0.6) is 5.75 Å². The van der Waals surface area contributed by atoms with Crippen LogP contribution in [0.3, 0.4) is 0 Å². The van der Waals surface area contributed by atoms with Gasteiger partial charge in [-0.05, 0) is 55.8 Å². The molecule has 4 rings (SSSR count). The number of rotatable bonds is 8. The highest BCUT2D eigenvalue weighted by Gasteiger charge is 2.46. The van der Waals surface area contributed by atoms with Crippen LogP contribution < -0.4 is 4.74 Å². The molecule has 0 radical (unpaired) electrons. The van der Waals surface area contributed by atoms with Crippen LogP contribution in [0.1, 0.15) is 31.0 Å². The van der Waals surface area contributed by atoms with Crippen LogP contribution in [0, 0.1) is 10.1 Å². The molecule has 0 bridgehead atoms. The van der Waals surface area contributed by atoms with E-state index in [1.165, 1.54) is 29.2 Å². The van der Waals surface area contributed by atoms with E-state index in [1.807, 2.05) is 13.8 Å². The summed E-state index contributed by atoms with van der Waals surface area (Å²) in [6, 6.07) is 11.4. The van der Waals surface area contributed by atoms with Gasteiger partial charge in [-0.2, -0.15) is 0 Å². The number of likely N-dealkylation sites (tertiary alicyclic amines) is 1. The fourth-order valence-corrected chi connectivity index (χ4v) is 4.43. The molecule has 36 heavy (non-hydrogen) atoms. The zero-order valence-corrected chi connectivity index (χ0v) is 20.3. The van der Waals surface area contributed by atoms with Crippen molar-refractivity contribution < 1.29 is 29.1 Å². The third kappa shape index (κ3) is 5.39. The Labute approximate surface area is 208 Å². The van der Waals surface area contributed by atoms with Crippen molar-refractivity contribution in [2.75, 3.05) is 39.4 Å². The Balaban J connectivity index is 1.71. The molecular formula is C26H29N3O7. The van der Waals surface area contributed by atoms with E-state index in [2.05, 4.69) is 4.90 Å². The number of non-ortho nitro benzene ring substituents is 1. The second kappa shape index (κ2) is 10.9. The number of benzene rings is 2. The molecule has 0 unspecified atom stereocenters. The van der Waals surface area contributed by atoms with Crippen molar-refractivity contribution in [3.63, 3.8) is 0 Å². The molecule has 2 heterocycles. The third-order valence-electron chi connectivity index (χ3n) is 6.22. The molecular weight excluding hydrogens is 466 g/mol. The van der Waals surface area contributed by atoms with Crippen molar-refractivity contribution in [2.24, 2.45) is 0 Å². The number of nitrogens with zero attached hydrogens (tertiary/aromatic N) is 3. The maximum absolute atomic E-state index is 13.2. The van der Waals surface area contributed by atoms with E-state index >= 15 is 0 Å². The topological polar surface area (TPSA) is 122 Å². The predicted molar refractivity (Wildman–Crippen MR) is 132 cm³/mol. The van der Waals surface area contributed by atoms with Gasteiger partial charge in [-0.1, -0.05) is 0 Å². The summed E-state index contributed by atoms with van der Waals surface area (Å²) in [5.74, 6) is -1.20. The molecule has 190 valence electrons. The van der Waals surface area contributed by atoms with Gasteiger partial charge in [0.15, 0.2) is 0 Å². The molecule has 2 aromatic rings. The van der Waals surface area contributed by atoms with Crippen molar-refractivity contribution in [1.82, 2.24) is 9.80 Å². The Morgan fingerprint density at radius 2 is 1.72 bits per heavy atom. The number of nitro benzene ring substituents is 1. The first-order chi connectivity index (χ1) is 17.3. The summed E-state index contributed by atoms with van der Waals surface area (Å²) < 4.78 is 11.0. The smallest absolute Gasteiger partial charge is 0.295 e. The molecule has 0 aliphatic carbocycles. The molecule has 1 amide bonds. The van der Waals surface area contributed by atoms with E-state index < -0.39 is 22.7 Å². The van der Waals surface area contributed by atoms with Gasteiger partial charge >= 0.3 is 0 Å². The molecule has 2 aliphatic heterocycles. The van der Waals surface area contributed by atoms with Crippen molar-refractivity contribution in [3.8, 4) is 5.75 Å². The first kappa shape index (κ1) is 25.3. The second-order valence-electron chi connectivity index (χ2n) is 8.99. The van der Waals surface area contributed by atoms with Gasteiger partial charge in [-0.15, -0.1) is 0 Å². The zero-order valence-electron chi connectivity index (χ0n) is 20.3. The number of carbonyl (C=O) groups is 2. The molecule has 2 saturated heterocycles. The monoisotopic (exact) mass is 495 g/mol. The number of hydrogen-bond acceptors (Lipinski definition) is 8. The summed E-state index contributed by atoms with van der Waals surface area (Å²) in [6.45, 7) is 7.22. The summed E-state index contributed by atoms with van der Waals surface area (Å²) in [6.07, 6.45) is -0.0247. The highest BCUT2D eigenvalue weighted by molar-refractivity contribution is 6.46. The van der Waals surface area contributed by atoms with Crippen LogP contribution in [0.25, 0.3) is 5.76 Å². The highest BCUT2D eigenvalue weighted by Crippen LogP contribution is 2.40. The van der Waals surface area contributed by atoms with E-state index in [-0.39, 0.29) is 29.7 Å². The van der Waals surface area contributed by atoms with Gasteiger partial charge in [0.05, 0.1) is 35.9 Å². The molecule has 2 fully saturated rings. The van der Waals surface area contributed by atoms with Gasteiger partial charge in [0.25, 0.3) is 17.4 Å². The maximum Gasteiger partial charge on any atom is 0.295 e. The zero-order chi connectivity index (χ0) is 25.8. The molecule has 1 N–H and O–H groups in total. The Bertz CT molecular complexity index is 1150. The Hall–Kier alpha value is -3.76. The first-order valence-electron chi connectivity index (χ1n) is 11.9. The largest absolute Gasteiger partial charge is 0.507 e. The number of aliphatic hydroxyl groups excluding tert-OH is 1. The number of carbonyl (C=O) groups excluding carboxylic acids is 2. The Morgan fingerprint density at radius 1 is 1.08 bits per heavy atom. The van der Waals surface area contributed by atoms with Crippen LogP contribution in [0.4, 0.5) is 5.69 Å². The summed E-state index contributed by atoms with van der Waals surface area (Å²) in [4.78, 5) is 40.5. The van der Waals surface area contributed by atoms with Gasteiger partial charge in [0.2, 0.25) is 0 Å². The fourth-order valence-electron chi connectivity index (χ4n) is 4.43. The number of ketones is 1. The van der Waals surface area contributed by atoms with Crippen LogP contribution in [-0.2, 0) is 14.3 Å². The normalized spacial score (nSPS) is 20.2. The number of aliphatic hydroxyl groups is 1. The van der Waals surface area contributed by atoms with Crippen LogP contribution in [0.15, 0.2) is 54.1 Å². The Morgan fingerprint density at radius 3 is 2.31 bits per heavy atom. The summed E-state index contributed by atoms with van der Waals surface area (Å²) >= 11 is 0. The average Bonchev–Trinajstić information content (AvgIpc) is 3.12. The van der Waals surface area contributed by atoms with Gasteiger partial charge in [-0.25, -0.2) is 0 Å². The van der Waals surface area contributed by atoms with Crippen molar-refractivity contribution in [1.29, 1.82) is 0 Å². The number of ether oxygens (including phenoxy) is 2. The number of amides is 1. The van der Waals surface area contributed by atoms with Crippen LogP contribution >= 0.6 is 0 Å². The van der Waals surface area contributed by atoms with Crippen LogP contribution in [0.2, 0.25) is 0 Å². The van der Waals surface area contributed by atoms with E-state index in [1.54, 1.807) is 24.3 Å². The summed E-state index contributed by atoms with van der Waals surface area (Å²) in [7, 11) is 0. The van der Waals surface area contributed by atoms with Crippen molar-refractivity contribution in [2.45, 2.75) is 26.0 Å². The average molecular weight is 496 g/mol. The molecule has 2 aromatic carbocycles. The van der Waals surface area contributed by atoms with Crippen molar-refractivity contribution in [3.05, 3.63) is 75.3 Å². The predicted octanol–water partition coefficient (Wildman–Crippen LogP) is 3.14. The number of morpholine rings is 1. The molecule has 0 saturated carbocycles. The lowest BCUT2D eigenvalue weighted by Crippen LogP contribution is -2.42. The summed E-state index contributed by atoms with van der Waals surface area (Å²) in [5.41, 5.74) is 0.713. The molecule has 10 nitrogen and oxygen atoms in total. The number of Topliss-reactive ketones (excluding diaryl/α,β-unsaturated/α-hetero) is 1. The third-order valence-corrected chi connectivity index (χ3v) is 6.22. The minimum atomic E-state index is -0.876. The molecule has 2 aliphatic rings. The molecule has 1 atom stereocenters. The number of nitro groups is 1. The lowest BCUT2D eigenvalue weighted by atomic mass is 9.95. The van der Waals surface area contributed by atoms with Crippen molar-refractivity contribution >= 4 is 23.1 Å². The van der Waals surface area contributed by atoms with Gasteiger partial charge in [0, 0.05) is 43.9 Å². The minimum Gasteiger partial charge on any atom is -0.507 e. The SMILES string of the molecule is CC(C)Oc1ccc(C(O)=C2C(=O)C(=O)N(CCN3CCOCC3)[C@@H]2c2ccc([N+](=O)[O-])cc2)cc1. The summed E-state index contributed by atoms with van der Waals surface area (Å²) in [5, 5.41) is 22.3. The van der Waals surface area contributed by atoms with Gasteiger partial charge in [-0.3, -0.25) is 24.6 Å².